The third kappa shape index (κ3) is 2.62. The highest BCUT2D eigenvalue weighted by molar-refractivity contribution is 5.68. The molecular formula is C11H12O3. The van der Waals surface area contributed by atoms with Gasteiger partial charge in [-0.2, -0.15) is 0 Å². The third-order valence-electron chi connectivity index (χ3n) is 1.98. The summed E-state index contributed by atoms with van der Waals surface area (Å²) in [5, 5.41) is 17.8. The normalized spacial score (nSPS) is 12.0. The average Bonchev–Trinajstić information content (AvgIpc) is 2.14. The molecule has 1 aromatic carbocycles. The largest absolute Gasteiger partial charge is 0.508 e. The molecule has 0 amide bonds. The van der Waals surface area contributed by atoms with Crippen molar-refractivity contribution < 1.29 is 15.0 Å². The summed E-state index contributed by atoms with van der Waals surface area (Å²) in [5.74, 6) is -0.988. The molecular weight excluding hydrogens is 180 g/mol. The summed E-state index contributed by atoms with van der Waals surface area (Å²) in [4.78, 5) is 10.5. The number of carboxylic acids is 1. The van der Waals surface area contributed by atoms with Gasteiger partial charge in [0.05, 0.1) is 6.42 Å². The average molecular weight is 192 g/mol. The molecule has 0 aliphatic heterocycles. The maximum atomic E-state index is 10.5. The van der Waals surface area contributed by atoms with Gasteiger partial charge < -0.3 is 10.2 Å². The van der Waals surface area contributed by atoms with Gasteiger partial charge in [0.25, 0.3) is 0 Å². The van der Waals surface area contributed by atoms with Gasteiger partial charge in [-0.15, -0.1) is 6.58 Å². The van der Waals surface area contributed by atoms with E-state index in [1.165, 1.54) is 0 Å². The number of hydrogen-bond acceptors (Lipinski definition) is 2. The summed E-state index contributed by atoms with van der Waals surface area (Å²) >= 11 is 0. The van der Waals surface area contributed by atoms with Crippen LogP contribution in [-0.2, 0) is 4.79 Å². The van der Waals surface area contributed by atoms with E-state index in [1.54, 1.807) is 30.3 Å². The van der Waals surface area contributed by atoms with E-state index >= 15 is 0 Å². The zero-order valence-electron chi connectivity index (χ0n) is 7.68. The topological polar surface area (TPSA) is 57.5 Å². The first kappa shape index (κ1) is 10.3. The van der Waals surface area contributed by atoms with Crippen LogP contribution in [0.2, 0.25) is 0 Å². The first-order chi connectivity index (χ1) is 6.63. The molecule has 0 heterocycles. The molecule has 1 atom stereocenters. The summed E-state index contributed by atoms with van der Waals surface area (Å²) in [7, 11) is 0. The number of rotatable bonds is 4. The van der Waals surface area contributed by atoms with Crippen LogP contribution < -0.4 is 0 Å². The molecule has 74 valence electrons. The second-order valence-electron chi connectivity index (χ2n) is 3.04. The Bertz CT molecular complexity index is 344. The molecule has 0 bridgehead atoms. The molecule has 0 saturated carbocycles. The predicted molar refractivity (Wildman–Crippen MR) is 53.3 cm³/mol. The van der Waals surface area contributed by atoms with Crippen LogP contribution in [0.4, 0.5) is 0 Å². The van der Waals surface area contributed by atoms with Crippen molar-refractivity contribution in [3.05, 3.63) is 42.5 Å². The summed E-state index contributed by atoms with van der Waals surface area (Å²) in [6.45, 7) is 3.58. The molecule has 0 fully saturated rings. The van der Waals surface area contributed by atoms with Crippen LogP contribution in [-0.4, -0.2) is 16.2 Å². The molecule has 1 unspecified atom stereocenters. The van der Waals surface area contributed by atoms with Crippen molar-refractivity contribution in [3.63, 3.8) is 0 Å². The van der Waals surface area contributed by atoms with Crippen molar-refractivity contribution >= 4 is 5.97 Å². The Morgan fingerprint density at radius 1 is 1.57 bits per heavy atom. The quantitative estimate of drug-likeness (QED) is 0.718. The van der Waals surface area contributed by atoms with Crippen LogP contribution in [0.1, 0.15) is 17.9 Å². The number of allylic oxidation sites excluding steroid dienone is 1. The van der Waals surface area contributed by atoms with Gasteiger partial charge in [0.1, 0.15) is 5.75 Å². The lowest BCUT2D eigenvalue weighted by Crippen LogP contribution is -2.03. The van der Waals surface area contributed by atoms with Crippen LogP contribution in [0.25, 0.3) is 0 Å². The van der Waals surface area contributed by atoms with Crippen molar-refractivity contribution in [1.29, 1.82) is 0 Å². The molecule has 0 radical (unpaired) electrons. The van der Waals surface area contributed by atoms with Gasteiger partial charge in [-0.05, 0) is 17.7 Å². The van der Waals surface area contributed by atoms with E-state index in [0.717, 1.165) is 5.56 Å². The fraction of sp³-hybridized carbons (Fsp3) is 0.182. The van der Waals surface area contributed by atoms with E-state index in [1.807, 2.05) is 0 Å². The lowest BCUT2D eigenvalue weighted by Gasteiger charge is -2.09. The molecule has 3 nitrogen and oxygen atoms in total. The number of hydrogen-bond donors (Lipinski definition) is 2. The Kier molecular flexibility index (Phi) is 3.29. The summed E-state index contributed by atoms with van der Waals surface area (Å²) in [5.41, 5.74) is 0.766. The zero-order valence-corrected chi connectivity index (χ0v) is 7.68. The van der Waals surface area contributed by atoms with Gasteiger partial charge in [-0.3, -0.25) is 4.79 Å². The lowest BCUT2D eigenvalue weighted by molar-refractivity contribution is -0.137. The first-order valence-electron chi connectivity index (χ1n) is 4.26. The van der Waals surface area contributed by atoms with E-state index in [9.17, 15) is 9.90 Å². The summed E-state index contributed by atoms with van der Waals surface area (Å²) in [6, 6.07) is 6.55. The molecule has 0 spiro atoms. The number of carboxylic acid groups (broad SMARTS) is 1. The van der Waals surface area contributed by atoms with Gasteiger partial charge in [-0.1, -0.05) is 18.2 Å². The molecule has 2 N–H and O–H groups in total. The fourth-order valence-corrected chi connectivity index (χ4v) is 1.28. The van der Waals surface area contributed by atoms with Crippen molar-refractivity contribution in [3.8, 4) is 5.75 Å². The zero-order chi connectivity index (χ0) is 10.6. The minimum Gasteiger partial charge on any atom is -0.508 e. The number of carbonyl (C=O) groups is 1. The Labute approximate surface area is 82.3 Å². The van der Waals surface area contributed by atoms with Gasteiger partial charge in [0.15, 0.2) is 0 Å². The molecule has 0 saturated heterocycles. The van der Waals surface area contributed by atoms with E-state index < -0.39 is 5.97 Å². The highest BCUT2D eigenvalue weighted by Gasteiger charge is 2.11. The highest BCUT2D eigenvalue weighted by atomic mass is 16.4. The molecule has 1 rings (SSSR count). The van der Waals surface area contributed by atoms with Crippen molar-refractivity contribution in [2.45, 2.75) is 12.3 Å². The standard InChI is InChI=1S/C11H12O3/c1-2-8(7-11(13)14)9-4-3-5-10(12)6-9/h2-6,8,12H,1,7H2,(H,13,14). The smallest absolute Gasteiger partial charge is 0.304 e. The van der Waals surface area contributed by atoms with E-state index in [0.29, 0.717) is 0 Å². The Morgan fingerprint density at radius 3 is 2.79 bits per heavy atom. The van der Waals surface area contributed by atoms with Crippen LogP contribution in [0, 0.1) is 0 Å². The minimum atomic E-state index is -0.877. The first-order valence-corrected chi connectivity index (χ1v) is 4.26. The maximum absolute atomic E-state index is 10.5. The predicted octanol–water partition coefficient (Wildman–Crippen LogP) is 2.14. The van der Waals surface area contributed by atoms with Gasteiger partial charge in [0, 0.05) is 5.92 Å². The number of benzene rings is 1. The van der Waals surface area contributed by atoms with Crippen LogP contribution in [0.3, 0.4) is 0 Å². The molecule has 14 heavy (non-hydrogen) atoms. The Hall–Kier alpha value is -1.77. The van der Waals surface area contributed by atoms with Gasteiger partial charge >= 0.3 is 5.97 Å². The van der Waals surface area contributed by atoms with Gasteiger partial charge in [-0.25, -0.2) is 0 Å². The monoisotopic (exact) mass is 192 g/mol. The fourth-order valence-electron chi connectivity index (χ4n) is 1.28. The molecule has 1 aromatic rings. The second-order valence-corrected chi connectivity index (χ2v) is 3.04. The van der Waals surface area contributed by atoms with Crippen LogP contribution in [0.5, 0.6) is 5.75 Å². The second kappa shape index (κ2) is 4.46. The summed E-state index contributed by atoms with van der Waals surface area (Å²) < 4.78 is 0. The Morgan fingerprint density at radius 2 is 2.29 bits per heavy atom. The lowest BCUT2D eigenvalue weighted by atomic mass is 9.96. The van der Waals surface area contributed by atoms with Crippen molar-refractivity contribution in [2.75, 3.05) is 0 Å². The highest BCUT2D eigenvalue weighted by Crippen LogP contribution is 2.23. The summed E-state index contributed by atoms with van der Waals surface area (Å²) in [6.07, 6.45) is 1.57. The van der Waals surface area contributed by atoms with Crippen LogP contribution >= 0.6 is 0 Å². The maximum Gasteiger partial charge on any atom is 0.304 e. The Balaban J connectivity index is 2.89. The van der Waals surface area contributed by atoms with Crippen molar-refractivity contribution in [1.82, 2.24) is 0 Å². The van der Waals surface area contributed by atoms with Crippen molar-refractivity contribution in [2.24, 2.45) is 0 Å². The molecule has 3 heteroatoms. The number of aliphatic carboxylic acids is 1. The SMILES string of the molecule is C=CC(CC(=O)O)c1cccc(O)c1. The number of aromatic hydroxyl groups is 1. The van der Waals surface area contributed by atoms with E-state index in [2.05, 4.69) is 6.58 Å². The minimum absolute atomic E-state index is 0.00699. The third-order valence-corrected chi connectivity index (χ3v) is 1.98. The number of phenolic OH excluding ortho intramolecular Hbond substituents is 1. The molecule has 0 aromatic heterocycles. The molecule has 0 aliphatic carbocycles. The van der Waals surface area contributed by atoms with Crippen LogP contribution in [0.15, 0.2) is 36.9 Å². The number of phenols is 1. The molecule has 0 aliphatic rings. The van der Waals surface area contributed by atoms with Gasteiger partial charge in [0.2, 0.25) is 0 Å². The van der Waals surface area contributed by atoms with E-state index in [-0.39, 0.29) is 18.1 Å². The van der Waals surface area contributed by atoms with E-state index in [4.69, 9.17) is 5.11 Å².